The zero-order chi connectivity index (χ0) is 14.3. The van der Waals surface area contributed by atoms with Crippen molar-refractivity contribution in [2.24, 2.45) is 5.92 Å². The van der Waals surface area contributed by atoms with Crippen molar-refractivity contribution in [3.8, 4) is 11.8 Å². The molecule has 0 aliphatic heterocycles. The molecule has 0 fully saturated rings. The Kier molecular flexibility index (Phi) is 6.37. The maximum atomic E-state index is 11.6. The van der Waals surface area contributed by atoms with Crippen molar-refractivity contribution < 1.29 is 9.53 Å². The van der Waals surface area contributed by atoms with Gasteiger partial charge in [-0.15, -0.1) is 0 Å². The number of methoxy groups -OCH3 is 1. The molecule has 0 aliphatic rings. The number of hydrogen-bond donors (Lipinski definition) is 1. The van der Waals surface area contributed by atoms with Gasteiger partial charge in [0.1, 0.15) is 11.7 Å². The molecule has 1 rings (SSSR count). The van der Waals surface area contributed by atoms with Crippen LogP contribution in [0.3, 0.4) is 0 Å². The lowest BCUT2D eigenvalue weighted by Crippen LogP contribution is -2.31. The predicted molar refractivity (Wildman–Crippen MR) is 76.8 cm³/mol. The smallest absolute Gasteiger partial charge is 0.237 e. The fourth-order valence-electron chi connectivity index (χ4n) is 1.72. The Morgan fingerprint density at radius 1 is 1.58 bits per heavy atom. The van der Waals surface area contributed by atoms with Gasteiger partial charge in [-0.3, -0.25) is 4.79 Å². The van der Waals surface area contributed by atoms with Crippen LogP contribution in [0, 0.1) is 17.2 Å². The summed E-state index contributed by atoms with van der Waals surface area (Å²) >= 11 is 3.41. The summed E-state index contributed by atoms with van der Waals surface area (Å²) in [6.07, 6.45) is 1.19. The molecule has 102 valence electrons. The number of nitrogens with one attached hydrogen (secondary N) is 1. The number of rotatable bonds is 6. The highest BCUT2D eigenvalue weighted by Gasteiger charge is 2.14. The molecule has 0 aliphatic carbocycles. The fourth-order valence-corrected chi connectivity index (χ4v) is 2.13. The first kappa shape index (κ1) is 15.5. The van der Waals surface area contributed by atoms with Crippen LogP contribution in [0.2, 0.25) is 0 Å². The predicted octanol–water partition coefficient (Wildman–Crippen LogP) is 2.67. The van der Waals surface area contributed by atoms with Crippen molar-refractivity contribution in [3.63, 3.8) is 0 Å². The van der Waals surface area contributed by atoms with E-state index in [0.29, 0.717) is 19.4 Å². The Bertz CT molecular complexity index is 483. The number of nitriles is 1. The van der Waals surface area contributed by atoms with Crippen molar-refractivity contribution in [1.82, 2.24) is 5.32 Å². The van der Waals surface area contributed by atoms with Gasteiger partial charge in [-0.2, -0.15) is 5.26 Å². The van der Waals surface area contributed by atoms with Crippen LogP contribution in [-0.4, -0.2) is 19.6 Å². The maximum absolute atomic E-state index is 11.6. The second-order valence-corrected chi connectivity index (χ2v) is 5.00. The molecular formula is C14H17BrN2O2. The first-order valence-corrected chi connectivity index (χ1v) is 6.91. The van der Waals surface area contributed by atoms with E-state index < -0.39 is 5.92 Å². The van der Waals surface area contributed by atoms with Crippen LogP contribution in [0.1, 0.15) is 18.9 Å². The molecule has 1 amide bonds. The number of amides is 1. The summed E-state index contributed by atoms with van der Waals surface area (Å²) in [6, 6.07) is 7.74. The highest BCUT2D eigenvalue weighted by molar-refractivity contribution is 9.10. The summed E-state index contributed by atoms with van der Waals surface area (Å²) in [6.45, 7) is 2.31. The van der Waals surface area contributed by atoms with Crippen molar-refractivity contribution in [2.75, 3.05) is 13.7 Å². The lowest BCUT2D eigenvalue weighted by Gasteiger charge is -2.11. The molecule has 1 N–H and O–H groups in total. The Hall–Kier alpha value is -1.54. The first-order valence-electron chi connectivity index (χ1n) is 6.12. The Morgan fingerprint density at radius 3 is 2.89 bits per heavy atom. The van der Waals surface area contributed by atoms with E-state index in [2.05, 4.69) is 21.2 Å². The van der Waals surface area contributed by atoms with Gasteiger partial charge in [-0.25, -0.2) is 0 Å². The van der Waals surface area contributed by atoms with Crippen LogP contribution in [0.5, 0.6) is 5.75 Å². The van der Waals surface area contributed by atoms with E-state index in [4.69, 9.17) is 10.00 Å². The van der Waals surface area contributed by atoms with E-state index >= 15 is 0 Å². The highest BCUT2D eigenvalue weighted by Crippen LogP contribution is 2.23. The summed E-state index contributed by atoms with van der Waals surface area (Å²) in [5.74, 6) is 0.0214. The molecule has 0 spiro atoms. The average molecular weight is 325 g/mol. The van der Waals surface area contributed by atoms with E-state index in [1.165, 1.54) is 0 Å². The summed E-state index contributed by atoms with van der Waals surface area (Å²) in [5, 5.41) is 11.6. The standard InChI is InChI=1S/C14H17BrN2O2/c1-3-10(9-16)14(18)17-7-6-11-8-12(15)4-5-13(11)19-2/h4-5,8,10H,3,6-7H2,1-2H3,(H,17,18). The van der Waals surface area contributed by atoms with Gasteiger partial charge >= 0.3 is 0 Å². The molecular weight excluding hydrogens is 308 g/mol. The van der Waals surface area contributed by atoms with Crippen LogP contribution in [0.4, 0.5) is 0 Å². The molecule has 0 aromatic heterocycles. The molecule has 5 heteroatoms. The monoisotopic (exact) mass is 324 g/mol. The third-order valence-corrected chi connectivity index (χ3v) is 3.31. The second-order valence-electron chi connectivity index (χ2n) is 4.09. The number of nitrogens with zero attached hydrogens (tertiary/aromatic N) is 1. The zero-order valence-electron chi connectivity index (χ0n) is 11.1. The van der Waals surface area contributed by atoms with Gasteiger partial charge in [-0.1, -0.05) is 22.9 Å². The molecule has 0 radical (unpaired) electrons. The molecule has 1 aromatic carbocycles. The van der Waals surface area contributed by atoms with Gasteiger partial charge in [0.2, 0.25) is 5.91 Å². The van der Waals surface area contributed by atoms with Crippen LogP contribution in [0.25, 0.3) is 0 Å². The topological polar surface area (TPSA) is 62.1 Å². The molecule has 0 heterocycles. The van der Waals surface area contributed by atoms with Crippen LogP contribution < -0.4 is 10.1 Å². The normalized spacial score (nSPS) is 11.5. The molecule has 0 saturated carbocycles. The number of benzene rings is 1. The average Bonchev–Trinajstić information content (AvgIpc) is 2.40. The molecule has 1 atom stereocenters. The van der Waals surface area contributed by atoms with Gasteiger partial charge in [0.25, 0.3) is 0 Å². The summed E-state index contributed by atoms with van der Waals surface area (Å²) in [4.78, 5) is 11.6. The molecule has 1 aromatic rings. The quantitative estimate of drug-likeness (QED) is 0.875. The number of halogens is 1. The van der Waals surface area contributed by atoms with Crippen molar-refractivity contribution in [3.05, 3.63) is 28.2 Å². The van der Waals surface area contributed by atoms with E-state index in [0.717, 1.165) is 15.8 Å². The molecule has 19 heavy (non-hydrogen) atoms. The fraction of sp³-hybridized carbons (Fsp3) is 0.429. The lowest BCUT2D eigenvalue weighted by atomic mass is 10.1. The molecule has 0 saturated heterocycles. The third kappa shape index (κ3) is 4.56. The van der Waals surface area contributed by atoms with Crippen LogP contribution in [-0.2, 0) is 11.2 Å². The minimum Gasteiger partial charge on any atom is -0.496 e. The number of carbonyl (C=O) groups is 1. The van der Waals surface area contributed by atoms with Crippen LogP contribution >= 0.6 is 15.9 Å². The Balaban J connectivity index is 2.56. The molecule has 1 unspecified atom stereocenters. The second kappa shape index (κ2) is 7.80. The number of hydrogen-bond acceptors (Lipinski definition) is 3. The van der Waals surface area contributed by atoms with E-state index in [1.807, 2.05) is 31.2 Å². The largest absolute Gasteiger partial charge is 0.496 e. The van der Waals surface area contributed by atoms with Crippen LogP contribution in [0.15, 0.2) is 22.7 Å². The van der Waals surface area contributed by atoms with E-state index in [9.17, 15) is 4.79 Å². The van der Waals surface area contributed by atoms with Crippen molar-refractivity contribution >= 4 is 21.8 Å². The molecule has 0 bridgehead atoms. The summed E-state index contributed by atoms with van der Waals surface area (Å²) in [7, 11) is 1.62. The van der Waals surface area contributed by atoms with Gasteiger partial charge in [0, 0.05) is 11.0 Å². The lowest BCUT2D eigenvalue weighted by molar-refractivity contribution is -0.123. The SMILES string of the molecule is CCC(C#N)C(=O)NCCc1cc(Br)ccc1OC. The summed E-state index contributed by atoms with van der Waals surface area (Å²) < 4.78 is 6.23. The van der Waals surface area contributed by atoms with E-state index in [1.54, 1.807) is 7.11 Å². The maximum Gasteiger partial charge on any atom is 0.237 e. The van der Waals surface area contributed by atoms with Crippen molar-refractivity contribution in [2.45, 2.75) is 19.8 Å². The Morgan fingerprint density at radius 2 is 2.32 bits per heavy atom. The van der Waals surface area contributed by atoms with Crippen molar-refractivity contribution in [1.29, 1.82) is 5.26 Å². The number of ether oxygens (including phenoxy) is 1. The van der Waals surface area contributed by atoms with E-state index in [-0.39, 0.29) is 5.91 Å². The third-order valence-electron chi connectivity index (χ3n) is 2.82. The highest BCUT2D eigenvalue weighted by atomic mass is 79.9. The minimum atomic E-state index is -0.565. The van der Waals surface area contributed by atoms with Gasteiger partial charge in [0.05, 0.1) is 13.2 Å². The molecule has 4 nitrogen and oxygen atoms in total. The van der Waals surface area contributed by atoms with Gasteiger partial charge < -0.3 is 10.1 Å². The van der Waals surface area contributed by atoms with Gasteiger partial charge in [0.15, 0.2) is 0 Å². The minimum absolute atomic E-state index is 0.209. The first-order chi connectivity index (χ1) is 9.12. The Labute approximate surface area is 121 Å². The van der Waals surface area contributed by atoms with Gasteiger partial charge in [-0.05, 0) is 36.6 Å². The number of carbonyl (C=O) groups excluding carboxylic acids is 1. The zero-order valence-corrected chi connectivity index (χ0v) is 12.7. The summed E-state index contributed by atoms with van der Waals surface area (Å²) in [5.41, 5.74) is 1.02.